The summed E-state index contributed by atoms with van der Waals surface area (Å²) in [5.74, 6) is 1.23. The van der Waals surface area contributed by atoms with Crippen LogP contribution in [-0.4, -0.2) is 12.8 Å². The van der Waals surface area contributed by atoms with Gasteiger partial charge in [-0.1, -0.05) is 41.8 Å². The molecule has 1 N–H and O–H groups in total. The Morgan fingerprint density at radius 1 is 1.31 bits per heavy atom. The van der Waals surface area contributed by atoms with Gasteiger partial charge in [-0.25, -0.2) is 0 Å². The molecule has 1 nitrogen and oxygen atoms in total. The van der Waals surface area contributed by atoms with Crippen LogP contribution in [0, 0.1) is 0 Å². The number of rotatable bonds is 7. The molecule has 0 aliphatic carbocycles. The lowest BCUT2D eigenvalue weighted by atomic mass is 10.2. The van der Waals surface area contributed by atoms with Crippen molar-refractivity contribution < 1.29 is 0 Å². The number of nitrogens with one attached hydrogen (secondary N) is 1. The maximum Gasteiger partial charge on any atom is 0.0231 e. The van der Waals surface area contributed by atoms with Crippen molar-refractivity contribution in [2.45, 2.75) is 37.6 Å². The van der Waals surface area contributed by atoms with Gasteiger partial charge >= 0.3 is 0 Å². The predicted molar refractivity (Wildman–Crippen MR) is 77.2 cm³/mol. The van der Waals surface area contributed by atoms with Crippen LogP contribution in [0.25, 0.3) is 0 Å². The van der Waals surface area contributed by atoms with Gasteiger partial charge in [-0.05, 0) is 36.9 Å². The van der Waals surface area contributed by atoms with Gasteiger partial charge in [0.05, 0.1) is 0 Å². The zero-order valence-corrected chi connectivity index (χ0v) is 12.5. The summed E-state index contributed by atoms with van der Waals surface area (Å²) in [5, 5.41) is 3.17. The molecule has 0 saturated heterocycles. The molecule has 0 radical (unpaired) electrons. The quantitative estimate of drug-likeness (QED) is 0.590. The summed E-state index contributed by atoms with van der Waals surface area (Å²) in [6.07, 6.45) is 3.95. The van der Waals surface area contributed by atoms with Crippen molar-refractivity contribution >= 4 is 27.7 Å². The Hall–Kier alpha value is 0.01000. The molecular weight excluding hydrogens is 282 g/mol. The van der Waals surface area contributed by atoms with Gasteiger partial charge in [-0.3, -0.25) is 0 Å². The normalized spacial score (nSPS) is 10.7. The predicted octanol–water partition coefficient (Wildman–Crippen LogP) is 4.45. The number of thioether (sulfide) groups is 1. The standard InChI is InChI=1S/C13H20BrNS/c1-3-4-5-8-16-12-7-6-11(10-15-2)13(14)9-12/h6-7,9,15H,3-5,8,10H2,1-2H3. The van der Waals surface area contributed by atoms with Crippen LogP contribution in [0.1, 0.15) is 31.7 Å². The second kappa shape index (κ2) is 8.15. The molecular formula is C13H20BrNS. The Labute approximate surface area is 112 Å². The minimum absolute atomic E-state index is 0.918. The highest BCUT2D eigenvalue weighted by Gasteiger charge is 2.01. The van der Waals surface area contributed by atoms with Gasteiger partial charge in [-0.2, -0.15) is 0 Å². The van der Waals surface area contributed by atoms with Crippen LogP contribution in [-0.2, 0) is 6.54 Å². The van der Waals surface area contributed by atoms with Gasteiger partial charge in [0.2, 0.25) is 0 Å². The van der Waals surface area contributed by atoms with E-state index >= 15 is 0 Å². The molecule has 0 amide bonds. The van der Waals surface area contributed by atoms with Crippen LogP contribution in [0.3, 0.4) is 0 Å². The van der Waals surface area contributed by atoms with Crippen LogP contribution >= 0.6 is 27.7 Å². The van der Waals surface area contributed by atoms with Crippen molar-refractivity contribution in [2.75, 3.05) is 12.8 Å². The zero-order valence-electron chi connectivity index (χ0n) is 10.1. The number of unbranched alkanes of at least 4 members (excludes halogenated alkanes) is 2. The van der Waals surface area contributed by atoms with Crippen molar-refractivity contribution in [3.05, 3.63) is 28.2 Å². The molecule has 0 atom stereocenters. The summed E-state index contributed by atoms with van der Waals surface area (Å²) < 4.78 is 1.21. The molecule has 0 bridgehead atoms. The van der Waals surface area contributed by atoms with Gasteiger partial charge in [-0.15, -0.1) is 11.8 Å². The van der Waals surface area contributed by atoms with Gasteiger partial charge in [0, 0.05) is 15.9 Å². The van der Waals surface area contributed by atoms with E-state index in [1.807, 2.05) is 18.8 Å². The summed E-state index contributed by atoms with van der Waals surface area (Å²) in [5.41, 5.74) is 1.32. The molecule has 0 aliphatic rings. The monoisotopic (exact) mass is 301 g/mol. The van der Waals surface area contributed by atoms with E-state index in [0.29, 0.717) is 0 Å². The number of hydrogen-bond donors (Lipinski definition) is 1. The topological polar surface area (TPSA) is 12.0 Å². The fraction of sp³-hybridized carbons (Fsp3) is 0.538. The Morgan fingerprint density at radius 3 is 2.75 bits per heavy atom. The first-order chi connectivity index (χ1) is 7.77. The number of halogens is 1. The first-order valence-corrected chi connectivity index (χ1v) is 7.61. The summed E-state index contributed by atoms with van der Waals surface area (Å²) in [6.45, 7) is 3.16. The maximum absolute atomic E-state index is 3.62. The Balaban J connectivity index is 2.46. The third kappa shape index (κ3) is 4.89. The molecule has 90 valence electrons. The molecule has 0 unspecified atom stereocenters. The van der Waals surface area contributed by atoms with E-state index in [2.05, 4.69) is 46.4 Å². The highest BCUT2D eigenvalue weighted by molar-refractivity contribution is 9.10. The van der Waals surface area contributed by atoms with Crippen molar-refractivity contribution in [1.82, 2.24) is 5.32 Å². The molecule has 0 fully saturated rings. The van der Waals surface area contributed by atoms with E-state index in [9.17, 15) is 0 Å². The third-order valence-corrected chi connectivity index (χ3v) is 4.23. The van der Waals surface area contributed by atoms with Crippen LogP contribution < -0.4 is 5.32 Å². The van der Waals surface area contributed by atoms with Crippen molar-refractivity contribution in [1.29, 1.82) is 0 Å². The summed E-state index contributed by atoms with van der Waals surface area (Å²) in [7, 11) is 1.97. The van der Waals surface area contributed by atoms with Crippen LogP contribution in [0.2, 0.25) is 0 Å². The van der Waals surface area contributed by atoms with E-state index in [1.165, 1.54) is 39.9 Å². The molecule has 0 spiro atoms. The molecule has 1 rings (SSSR count). The van der Waals surface area contributed by atoms with E-state index in [4.69, 9.17) is 0 Å². The van der Waals surface area contributed by atoms with Gasteiger partial charge < -0.3 is 5.32 Å². The Bertz CT molecular complexity index is 315. The Morgan fingerprint density at radius 2 is 2.12 bits per heavy atom. The lowest BCUT2D eigenvalue weighted by molar-refractivity contribution is 0.778. The average Bonchev–Trinajstić information content (AvgIpc) is 2.28. The lowest BCUT2D eigenvalue weighted by Crippen LogP contribution is -2.05. The second-order valence-corrected chi connectivity index (χ2v) is 5.86. The van der Waals surface area contributed by atoms with E-state index in [0.717, 1.165) is 6.54 Å². The average molecular weight is 302 g/mol. The van der Waals surface area contributed by atoms with Gasteiger partial charge in [0.15, 0.2) is 0 Å². The summed E-state index contributed by atoms with van der Waals surface area (Å²) >= 11 is 5.57. The smallest absolute Gasteiger partial charge is 0.0231 e. The maximum atomic E-state index is 3.62. The fourth-order valence-electron chi connectivity index (χ4n) is 1.49. The van der Waals surface area contributed by atoms with Gasteiger partial charge in [0.25, 0.3) is 0 Å². The van der Waals surface area contributed by atoms with Gasteiger partial charge in [0.1, 0.15) is 0 Å². The Kier molecular flexibility index (Phi) is 7.17. The molecule has 0 aromatic heterocycles. The summed E-state index contributed by atoms with van der Waals surface area (Å²) in [6, 6.07) is 6.64. The van der Waals surface area contributed by atoms with Crippen molar-refractivity contribution in [3.8, 4) is 0 Å². The molecule has 1 aromatic rings. The molecule has 0 aliphatic heterocycles. The largest absolute Gasteiger partial charge is 0.316 e. The molecule has 3 heteroatoms. The first-order valence-electron chi connectivity index (χ1n) is 5.83. The molecule has 0 saturated carbocycles. The third-order valence-electron chi connectivity index (χ3n) is 2.41. The van der Waals surface area contributed by atoms with E-state index in [1.54, 1.807) is 0 Å². The molecule has 0 heterocycles. The van der Waals surface area contributed by atoms with Crippen LogP contribution in [0.15, 0.2) is 27.6 Å². The van der Waals surface area contributed by atoms with Crippen molar-refractivity contribution in [3.63, 3.8) is 0 Å². The SMILES string of the molecule is CCCCCSc1ccc(CNC)c(Br)c1. The number of benzene rings is 1. The molecule has 1 aromatic carbocycles. The fourth-order valence-corrected chi connectivity index (χ4v) is 3.11. The minimum atomic E-state index is 0.918. The second-order valence-electron chi connectivity index (χ2n) is 3.84. The van der Waals surface area contributed by atoms with Crippen LogP contribution in [0.5, 0.6) is 0 Å². The highest BCUT2D eigenvalue weighted by atomic mass is 79.9. The summed E-state index contributed by atoms with van der Waals surface area (Å²) in [4.78, 5) is 1.36. The zero-order chi connectivity index (χ0) is 11.8. The molecule has 16 heavy (non-hydrogen) atoms. The van der Waals surface area contributed by atoms with E-state index in [-0.39, 0.29) is 0 Å². The van der Waals surface area contributed by atoms with Crippen molar-refractivity contribution in [2.24, 2.45) is 0 Å². The lowest BCUT2D eigenvalue weighted by Gasteiger charge is -2.06. The van der Waals surface area contributed by atoms with Crippen LogP contribution in [0.4, 0.5) is 0 Å². The van der Waals surface area contributed by atoms with E-state index < -0.39 is 0 Å². The minimum Gasteiger partial charge on any atom is -0.316 e. The highest BCUT2D eigenvalue weighted by Crippen LogP contribution is 2.26. The first kappa shape index (κ1) is 14.1. The number of hydrogen-bond acceptors (Lipinski definition) is 2.